The van der Waals surface area contributed by atoms with E-state index in [0.29, 0.717) is 16.8 Å². The van der Waals surface area contributed by atoms with Crippen LogP contribution in [-0.2, 0) is 0 Å². The van der Waals surface area contributed by atoms with Crippen molar-refractivity contribution < 1.29 is 9.53 Å². The monoisotopic (exact) mass is 327 g/mol. The molecule has 4 heteroatoms. The Bertz CT molecular complexity index is 781. The molecule has 0 aliphatic heterocycles. The highest BCUT2D eigenvalue weighted by Crippen LogP contribution is 2.24. The average Bonchev–Trinajstić information content (AvgIpc) is 2.47. The van der Waals surface area contributed by atoms with Crippen molar-refractivity contribution in [1.82, 2.24) is 4.98 Å². The van der Waals surface area contributed by atoms with E-state index in [9.17, 15) is 4.79 Å². The number of aromatic nitrogens is 1. The highest BCUT2D eigenvalue weighted by molar-refractivity contribution is 9.10. The van der Waals surface area contributed by atoms with Gasteiger partial charge in [0.05, 0.1) is 5.56 Å². The number of hydrogen-bond donors (Lipinski definition) is 0. The van der Waals surface area contributed by atoms with Crippen molar-refractivity contribution in [3.05, 3.63) is 70.8 Å². The Morgan fingerprint density at radius 1 is 1.05 bits per heavy atom. The standard InChI is InChI=1S/C16H10BrNO2/c17-13-7-1-5-12(10-13)16(19)20-14-8-2-4-11-6-3-9-18-15(11)14/h1-10H. The van der Waals surface area contributed by atoms with Gasteiger partial charge in [0.2, 0.25) is 0 Å². The van der Waals surface area contributed by atoms with Crippen molar-refractivity contribution in [1.29, 1.82) is 0 Å². The molecule has 3 rings (SSSR count). The van der Waals surface area contributed by atoms with E-state index in [-0.39, 0.29) is 0 Å². The van der Waals surface area contributed by atoms with Gasteiger partial charge in [-0.1, -0.05) is 40.2 Å². The van der Waals surface area contributed by atoms with Crippen LogP contribution >= 0.6 is 15.9 Å². The minimum Gasteiger partial charge on any atom is -0.421 e. The fourth-order valence-corrected chi connectivity index (χ4v) is 2.33. The van der Waals surface area contributed by atoms with Crippen LogP contribution in [0.2, 0.25) is 0 Å². The molecule has 2 aromatic carbocycles. The number of pyridine rings is 1. The summed E-state index contributed by atoms with van der Waals surface area (Å²) in [4.78, 5) is 16.4. The molecular weight excluding hydrogens is 318 g/mol. The SMILES string of the molecule is O=C(Oc1cccc2cccnc12)c1cccc(Br)c1. The Labute approximate surface area is 124 Å². The highest BCUT2D eigenvalue weighted by Gasteiger charge is 2.11. The second kappa shape index (κ2) is 5.43. The van der Waals surface area contributed by atoms with Crippen molar-refractivity contribution in [3.63, 3.8) is 0 Å². The number of carbonyl (C=O) groups excluding carboxylic acids is 1. The lowest BCUT2D eigenvalue weighted by Gasteiger charge is -2.07. The summed E-state index contributed by atoms with van der Waals surface area (Å²) in [6.07, 6.45) is 1.68. The molecule has 1 aromatic heterocycles. The van der Waals surface area contributed by atoms with Gasteiger partial charge in [-0.3, -0.25) is 4.98 Å². The maximum Gasteiger partial charge on any atom is 0.343 e. The number of benzene rings is 2. The quantitative estimate of drug-likeness (QED) is 0.522. The molecule has 0 saturated carbocycles. The Kier molecular flexibility index (Phi) is 3.48. The van der Waals surface area contributed by atoms with Crippen molar-refractivity contribution in [2.24, 2.45) is 0 Å². The van der Waals surface area contributed by atoms with E-state index in [1.54, 1.807) is 30.5 Å². The fourth-order valence-electron chi connectivity index (χ4n) is 1.93. The van der Waals surface area contributed by atoms with Crippen molar-refractivity contribution >= 4 is 32.8 Å². The van der Waals surface area contributed by atoms with Gasteiger partial charge < -0.3 is 4.74 Å². The predicted molar refractivity (Wildman–Crippen MR) is 80.8 cm³/mol. The van der Waals surface area contributed by atoms with Crippen molar-refractivity contribution in [2.75, 3.05) is 0 Å². The van der Waals surface area contributed by atoms with Gasteiger partial charge in [0.25, 0.3) is 0 Å². The third kappa shape index (κ3) is 2.56. The zero-order chi connectivity index (χ0) is 13.9. The van der Waals surface area contributed by atoms with E-state index in [0.717, 1.165) is 9.86 Å². The van der Waals surface area contributed by atoms with Gasteiger partial charge >= 0.3 is 5.97 Å². The maximum absolute atomic E-state index is 12.1. The molecule has 3 aromatic rings. The summed E-state index contributed by atoms with van der Waals surface area (Å²) in [7, 11) is 0. The molecule has 1 heterocycles. The Balaban J connectivity index is 1.95. The Morgan fingerprint density at radius 2 is 1.85 bits per heavy atom. The summed E-state index contributed by atoms with van der Waals surface area (Å²) in [6, 6.07) is 16.4. The lowest BCUT2D eigenvalue weighted by atomic mass is 10.2. The molecule has 3 nitrogen and oxygen atoms in total. The Morgan fingerprint density at radius 3 is 2.70 bits per heavy atom. The third-order valence-corrected chi connectivity index (χ3v) is 3.35. The van der Waals surface area contributed by atoms with E-state index in [4.69, 9.17) is 4.74 Å². The molecule has 98 valence electrons. The number of hydrogen-bond acceptors (Lipinski definition) is 3. The van der Waals surface area contributed by atoms with Crippen LogP contribution in [0.15, 0.2) is 65.3 Å². The molecule has 0 fully saturated rings. The molecule has 0 amide bonds. The molecule has 20 heavy (non-hydrogen) atoms. The number of para-hydroxylation sites is 1. The molecular formula is C16H10BrNO2. The van der Waals surface area contributed by atoms with E-state index in [2.05, 4.69) is 20.9 Å². The van der Waals surface area contributed by atoms with Gasteiger partial charge in [0, 0.05) is 16.1 Å². The third-order valence-electron chi connectivity index (χ3n) is 2.86. The molecule has 0 bridgehead atoms. The molecule has 0 spiro atoms. The predicted octanol–water partition coefficient (Wildman–Crippen LogP) is 4.22. The van der Waals surface area contributed by atoms with Crippen LogP contribution in [-0.4, -0.2) is 11.0 Å². The van der Waals surface area contributed by atoms with Crippen LogP contribution in [0.1, 0.15) is 10.4 Å². The summed E-state index contributed by atoms with van der Waals surface area (Å²) in [6.45, 7) is 0. The number of rotatable bonds is 2. The second-order valence-electron chi connectivity index (χ2n) is 4.23. The zero-order valence-corrected chi connectivity index (χ0v) is 12.0. The first kappa shape index (κ1) is 12.8. The largest absolute Gasteiger partial charge is 0.421 e. The average molecular weight is 328 g/mol. The van der Waals surface area contributed by atoms with Crippen molar-refractivity contribution in [3.8, 4) is 5.75 Å². The summed E-state index contributed by atoms with van der Waals surface area (Å²) in [5, 5.41) is 0.937. The van der Waals surface area contributed by atoms with Gasteiger partial charge in [-0.25, -0.2) is 4.79 Å². The van der Waals surface area contributed by atoms with E-state index in [1.807, 2.05) is 30.3 Å². The fraction of sp³-hybridized carbons (Fsp3) is 0. The van der Waals surface area contributed by atoms with Crippen molar-refractivity contribution in [2.45, 2.75) is 0 Å². The molecule has 0 N–H and O–H groups in total. The van der Waals surface area contributed by atoms with Crippen LogP contribution in [0, 0.1) is 0 Å². The first-order chi connectivity index (χ1) is 9.74. The molecule has 0 radical (unpaired) electrons. The van der Waals surface area contributed by atoms with Gasteiger partial charge in [0.15, 0.2) is 5.75 Å². The van der Waals surface area contributed by atoms with Crippen LogP contribution in [0.4, 0.5) is 0 Å². The van der Waals surface area contributed by atoms with Gasteiger partial charge in [-0.05, 0) is 30.3 Å². The number of esters is 1. The van der Waals surface area contributed by atoms with Gasteiger partial charge in [-0.2, -0.15) is 0 Å². The molecule has 0 atom stereocenters. The number of ether oxygens (including phenoxy) is 1. The second-order valence-corrected chi connectivity index (χ2v) is 5.15. The van der Waals surface area contributed by atoms with Crippen LogP contribution in [0.25, 0.3) is 10.9 Å². The zero-order valence-electron chi connectivity index (χ0n) is 10.4. The molecule has 0 unspecified atom stereocenters. The minimum absolute atomic E-state index is 0.399. The molecule has 0 saturated heterocycles. The molecule has 0 aliphatic rings. The van der Waals surface area contributed by atoms with Crippen LogP contribution in [0.5, 0.6) is 5.75 Å². The topological polar surface area (TPSA) is 39.2 Å². The number of fused-ring (bicyclic) bond motifs is 1. The molecule has 0 aliphatic carbocycles. The lowest BCUT2D eigenvalue weighted by molar-refractivity contribution is 0.0736. The van der Waals surface area contributed by atoms with Gasteiger partial charge in [0.1, 0.15) is 5.52 Å². The summed E-state index contributed by atoms with van der Waals surface area (Å²) >= 11 is 3.34. The highest BCUT2D eigenvalue weighted by atomic mass is 79.9. The maximum atomic E-state index is 12.1. The summed E-state index contributed by atoms with van der Waals surface area (Å²) < 4.78 is 6.28. The van der Waals surface area contributed by atoms with Crippen LogP contribution < -0.4 is 4.74 Å². The number of nitrogens with zero attached hydrogens (tertiary/aromatic N) is 1. The smallest absolute Gasteiger partial charge is 0.343 e. The number of carbonyl (C=O) groups is 1. The number of halogens is 1. The summed E-state index contributed by atoms with van der Waals surface area (Å²) in [5.74, 6) is 0.0672. The normalized spacial score (nSPS) is 10.4. The van der Waals surface area contributed by atoms with E-state index < -0.39 is 5.97 Å². The van der Waals surface area contributed by atoms with E-state index in [1.165, 1.54) is 0 Å². The first-order valence-corrected chi connectivity index (χ1v) is 6.85. The summed E-state index contributed by atoms with van der Waals surface area (Å²) in [5.41, 5.74) is 1.17. The minimum atomic E-state index is -0.399. The van der Waals surface area contributed by atoms with E-state index >= 15 is 0 Å². The lowest BCUT2D eigenvalue weighted by Crippen LogP contribution is -2.08. The first-order valence-electron chi connectivity index (χ1n) is 6.05. The van der Waals surface area contributed by atoms with Crippen LogP contribution in [0.3, 0.4) is 0 Å². The Hall–Kier alpha value is -2.20. The van der Waals surface area contributed by atoms with Gasteiger partial charge in [-0.15, -0.1) is 0 Å².